The van der Waals surface area contributed by atoms with E-state index in [1.165, 1.54) is 0 Å². The summed E-state index contributed by atoms with van der Waals surface area (Å²) in [6.45, 7) is 7.44. The fourth-order valence-electron chi connectivity index (χ4n) is 3.22. The SMILES string of the molecule is CC(C)N1CCOC(CC(=O)N(C)Cc2ccc(-n3cccn3)cc2)C1. The van der Waals surface area contributed by atoms with Crippen LogP contribution in [0.2, 0.25) is 0 Å². The van der Waals surface area contributed by atoms with E-state index in [0.717, 1.165) is 24.3 Å². The molecule has 0 spiro atoms. The van der Waals surface area contributed by atoms with E-state index >= 15 is 0 Å². The van der Waals surface area contributed by atoms with Gasteiger partial charge in [0.05, 0.1) is 24.8 Å². The van der Waals surface area contributed by atoms with Gasteiger partial charge < -0.3 is 9.64 Å². The fourth-order valence-corrected chi connectivity index (χ4v) is 3.22. The van der Waals surface area contributed by atoms with Crippen LogP contribution >= 0.6 is 0 Å². The molecule has 1 aliphatic heterocycles. The Balaban J connectivity index is 1.52. The third kappa shape index (κ3) is 4.71. The first-order chi connectivity index (χ1) is 12.5. The van der Waals surface area contributed by atoms with Crippen LogP contribution in [0.15, 0.2) is 42.7 Å². The molecule has 1 aromatic heterocycles. The Morgan fingerprint density at radius 1 is 1.35 bits per heavy atom. The lowest BCUT2D eigenvalue weighted by molar-refractivity contribution is -0.135. The van der Waals surface area contributed by atoms with E-state index < -0.39 is 0 Å². The molecule has 0 bridgehead atoms. The zero-order valence-electron chi connectivity index (χ0n) is 15.8. The molecule has 26 heavy (non-hydrogen) atoms. The number of aromatic nitrogens is 2. The zero-order chi connectivity index (χ0) is 18.5. The molecule has 1 amide bonds. The third-order valence-corrected chi connectivity index (χ3v) is 4.85. The maximum Gasteiger partial charge on any atom is 0.225 e. The highest BCUT2D eigenvalue weighted by Crippen LogP contribution is 2.14. The number of carbonyl (C=O) groups excluding carboxylic acids is 1. The number of hydrogen-bond donors (Lipinski definition) is 0. The molecule has 140 valence electrons. The van der Waals surface area contributed by atoms with Gasteiger partial charge in [0.15, 0.2) is 0 Å². The van der Waals surface area contributed by atoms with Crippen molar-refractivity contribution in [1.29, 1.82) is 0 Å². The Morgan fingerprint density at radius 2 is 2.12 bits per heavy atom. The van der Waals surface area contributed by atoms with Crippen molar-refractivity contribution in [3.05, 3.63) is 48.3 Å². The molecular weight excluding hydrogens is 328 g/mol. The summed E-state index contributed by atoms with van der Waals surface area (Å²) in [5.74, 6) is 0.122. The summed E-state index contributed by atoms with van der Waals surface area (Å²) in [6.07, 6.45) is 4.09. The molecule has 1 aliphatic rings. The Bertz CT molecular complexity index is 697. The smallest absolute Gasteiger partial charge is 0.225 e. The van der Waals surface area contributed by atoms with Gasteiger partial charge in [0.2, 0.25) is 5.91 Å². The summed E-state index contributed by atoms with van der Waals surface area (Å²) in [7, 11) is 1.85. The second-order valence-corrected chi connectivity index (χ2v) is 7.15. The minimum absolute atomic E-state index is 0.0108. The third-order valence-electron chi connectivity index (χ3n) is 4.85. The summed E-state index contributed by atoms with van der Waals surface area (Å²) < 4.78 is 7.61. The first kappa shape index (κ1) is 18.6. The quantitative estimate of drug-likeness (QED) is 0.797. The number of benzene rings is 1. The predicted molar refractivity (Wildman–Crippen MR) is 101 cm³/mol. The second kappa shape index (κ2) is 8.47. The van der Waals surface area contributed by atoms with Gasteiger partial charge in [0.25, 0.3) is 0 Å². The van der Waals surface area contributed by atoms with Crippen LogP contribution < -0.4 is 0 Å². The molecule has 1 aromatic carbocycles. The predicted octanol–water partition coefficient (Wildman–Crippen LogP) is 2.33. The fraction of sp³-hybridized carbons (Fsp3) is 0.500. The van der Waals surface area contributed by atoms with E-state index in [0.29, 0.717) is 25.6 Å². The normalized spacial score (nSPS) is 18.2. The Kier molecular flexibility index (Phi) is 6.06. The molecule has 6 nitrogen and oxygen atoms in total. The van der Waals surface area contributed by atoms with Crippen molar-refractivity contribution >= 4 is 5.91 Å². The van der Waals surface area contributed by atoms with Crippen LogP contribution in [-0.2, 0) is 16.1 Å². The van der Waals surface area contributed by atoms with Crippen molar-refractivity contribution in [1.82, 2.24) is 19.6 Å². The first-order valence-electron chi connectivity index (χ1n) is 9.21. The molecule has 2 heterocycles. The van der Waals surface area contributed by atoms with Crippen LogP contribution in [-0.4, -0.2) is 64.4 Å². The van der Waals surface area contributed by atoms with Gasteiger partial charge in [-0.15, -0.1) is 0 Å². The van der Waals surface area contributed by atoms with Gasteiger partial charge in [-0.3, -0.25) is 9.69 Å². The Hall–Kier alpha value is -2.18. The lowest BCUT2D eigenvalue weighted by Crippen LogP contribution is -2.47. The van der Waals surface area contributed by atoms with E-state index in [9.17, 15) is 4.79 Å². The van der Waals surface area contributed by atoms with Crippen molar-refractivity contribution in [2.75, 3.05) is 26.7 Å². The van der Waals surface area contributed by atoms with Crippen LogP contribution in [0.1, 0.15) is 25.8 Å². The van der Waals surface area contributed by atoms with E-state index in [1.807, 2.05) is 48.3 Å². The van der Waals surface area contributed by atoms with Crippen molar-refractivity contribution in [2.24, 2.45) is 0 Å². The topological polar surface area (TPSA) is 50.6 Å². The van der Waals surface area contributed by atoms with Crippen molar-refractivity contribution in [2.45, 2.75) is 39.0 Å². The average Bonchev–Trinajstić information content (AvgIpc) is 3.17. The lowest BCUT2D eigenvalue weighted by atomic mass is 10.1. The minimum Gasteiger partial charge on any atom is -0.375 e. The highest BCUT2D eigenvalue weighted by atomic mass is 16.5. The van der Waals surface area contributed by atoms with Crippen LogP contribution in [0.25, 0.3) is 5.69 Å². The molecule has 0 radical (unpaired) electrons. The molecule has 0 N–H and O–H groups in total. The number of ether oxygens (including phenoxy) is 1. The van der Waals surface area contributed by atoms with Crippen molar-refractivity contribution in [3.63, 3.8) is 0 Å². The Morgan fingerprint density at radius 3 is 2.77 bits per heavy atom. The molecule has 6 heteroatoms. The molecule has 1 atom stereocenters. The lowest BCUT2D eigenvalue weighted by Gasteiger charge is -2.35. The summed E-state index contributed by atoms with van der Waals surface area (Å²) in [6, 6.07) is 10.5. The monoisotopic (exact) mass is 356 g/mol. The summed E-state index contributed by atoms with van der Waals surface area (Å²) >= 11 is 0. The van der Waals surface area contributed by atoms with Crippen molar-refractivity contribution in [3.8, 4) is 5.69 Å². The highest BCUT2D eigenvalue weighted by Gasteiger charge is 2.25. The second-order valence-electron chi connectivity index (χ2n) is 7.15. The van der Waals surface area contributed by atoms with Gasteiger partial charge in [0, 0.05) is 45.1 Å². The van der Waals surface area contributed by atoms with Gasteiger partial charge in [-0.25, -0.2) is 4.68 Å². The van der Waals surface area contributed by atoms with Crippen molar-refractivity contribution < 1.29 is 9.53 Å². The van der Waals surface area contributed by atoms with E-state index in [4.69, 9.17) is 4.74 Å². The molecular formula is C20H28N4O2. The van der Waals surface area contributed by atoms with E-state index in [2.05, 4.69) is 23.8 Å². The number of morpholine rings is 1. The number of rotatable bonds is 6. The molecule has 3 rings (SSSR count). The number of hydrogen-bond acceptors (Lipinski definition) is 4. The maximum atomic E-state index is 12.6. The van der Waals surface area contributed by atoms with E-state index in [-0.39, 0.29) is 12.0 Å². The summed E-state index contributed by atoms with van der Waals surface area (Å²) in [4.78, 5) is 16.7. The average molecular weight is 356 g/mol. The Labute approximate surface area is 155 Å². The van der Waals surface area contributed by atoms with E-state index in [1.54, 1.807) is 11.1 Å². The van der Waals surface area contributed by atoms with Gasteiger partial charge in [-0.05, 0) is 37.6 Å². The molecule has 2 aromatic rings. The zero-order valence-corrected chi connectivity index (χ0v) is 15.8. The standard InChI is InChI=1S/C20H28N4O2/c1-16(2)23-11-12-26-19(15-23)13-20(25)22(3)14-17-5-7-18(8-6-17)24-10-4-9-21-24/h4-10,16,19H,11-15H2,1-3H3. The number of amides is 1. The number of nitrogens with zero attached hydrogens (tertiary/aromatic N) is 4. The van der Waals surface area contributed by atoms with Crippen LogP contribution in [0, 0.1) is 0 Å². The van der Waals surface area contributed by atoms with Crippen LogP contribution in [0.3, 0.4) is 0 Å². The van der Waals surface area contributed by atoms with Crippen LogP contribution in [0.5, 0.6) is 0 Å². The summed E-state index contributed by atoms with van der Waals surface area (Å²) in [5.41, 5.74) is 2.11. The number of carbonyl (C=O) groups is 1. The maximum absolute atomic E-state index is 12.6. The van der Waals surface area contributed by atoms with Gasteiger partial charge in [0.1, 0.15) is 0 Å². The van der Waals surface area contributed by atoms with Gasteiger partial charge in [-0.1, -0.05) is 12.1 Å². The summed E-state index contributed by atoms with van der Waals surface area (Å²) in [5, 5.41) is 4.22. The minimum atomic E-state index is -0.0108. The molecule has 1 fully saturated rings. The van der Waals surface area contributed by atoms with Gasteiger partial charge >= 0.3 is 0 Å². The van der Waals surface area contributed by atoms with Crippen LogP contribution in [0.4, 0.5) is 0 Å². The first-order valence-corrected chi connectivity index (χ1v) is 9.21. The molecule has 1 unspecified atom stereocenters. The largest absolute Gasteiger partial charge is 0.375 e. The highest BCUT2D eigenvalue weighted by molar-refractivity contribution is 5.76. The molecule has 1 saturated heterocycles. The van der Waals surface area contributed by atoms with Gasteiger partial charge in [-0.2, -0.15) is 5.10 Å². The molecule has 0 saturated carbocycles. The molecule has 0 aliphatic carbocycles.